The van der Waals surface area contributed by atoms with Gasteiger partial charge in [-0.3, -0.25) is 0 Å². The molecule has 0 saturated heterocycles. The highest BCUT2D eigenvalue weighted by atomic mass is 32.2. The van der Waals surface area contributed by atoms with Crippen LogP contribution < -0.4 is 4.65 Å². The van der Waals surface area contributed by atoms with E-state index in [9.17, 15) is 0 Å². The lowest BCUT2D eigenvalue weighted by molar-refractivity contribution is 0.448. The largest absolute Gasteiger partial charge is 0.538 e. The molecule has 2 nitrogen and oxygen atoms in total. The van der Waals surface area contributed by atoms with Crippen molar-refractivity contribution in [3.05, 3.63) is 36.4 Å². The molecule has 76 valence electrons. The smallest absolute Gasteiger partial charge is 0.504 e. The second-order valence-electron chi connectivity index (χ2n) is 3.12. The SMILES string of the molecule is CSc1cc2ccccc2cc1OBO. The van der Waals surface area contributed by atoms with Gasteiger partial charge in [-0.2, -0.15) is 0 Å². The van der Waals surface area contributed by atoms with Gasteiger partial charge in [0.05, 0.1) is 0 Å². The lowest BCUT2D eigenvalue weighted by atomic mass is 10.1. The molecule has 0 fully saturated rings. The van der Waals surface area contributed by atoms with Gasteiger partial charge < -0.3 is 9.68 Å². The zero-order valence-corrected chi connectivity index (χ0v) is 9.25. The summed E-state index contributed by atoms with van der Waals surface area (Å²) in [4.78, 5) is 1.04. The molecule has 0 unspecified atom stereocenters. The molecule has 0 atom stereocenters. The number of fused-ring (bicyclic) bond motifs is 1. The summed E-state index contributed by atoms with van der Waals surface area (Å²) < 4.78 is 5.17. The van der Waals surface area contributed by atoms with Crippen molar-refractivity contribution in [3.63, 3.8) is 0 Å². The van der Waals surface area contributed by atoms with Crippen LogP contribution in [0.4, 0.5) is 0 Å². The van der Waals surface area contributed by atoms with E-state index in [4.69, 9.17) is 9.68 Å². The van der Waals surface area contributed by atoms with Crippen LogP contribution in [0.25, 0.3) is 10.8 Å². The molecule has 0 radical (unpaired) electrons. The molecule has 2 aromatic carbocycles. The summed E-state index contributed by atoms with van der Waals surface area (Å²) in [5, 5.41) is 11.1. The lowest BCUT2D eigenvalue weighted by Crippen LogP contribution is -2.00. The number of hydrogen-bond acceptors (Lipinski definition) is 3. The Hall–Kier alpha value is -1.13. The molecule has 4 heteroatoms. The van der Waals surface area contributed by atoms with Crippen LogP contribution in [0.15, 0.2) is 41.3 Å². The first-order valence-electron chi connectivity index (χ1n) is 4.65. The van der Waals surface area contributed by atoms with Gasteiger partial charge in [0.25, 0.3) is 0 Å². The Bertz CT molecular complexity index is 473. The van der Waals surface area contributed by atoms with E-state index < -0.39 is 0 Å². The Morgan fingerprint density at radius 2 is 1.87 bits per heavy atom. The molecule has 0 bridgehead atoms. The van der Waals surface area contributed by atoms with E-state index in [1.807, 2.05) is 30.5 Å². The summed E-state index contributed by atoms with van der Waals surface area (Å²) in [6, 6.07) is 12.1. The molecule has 0 amide bonds. The van der Waals surface area contributed by atoms with Crippen molar-refractivity contribution in [2.75, 3.05) is 6.26 Å². The normalized spacial score (nSPS) is 10.3. The fourth-order valence-electron chi connectivity index (χ4n) is 1.54. The van der Waals surface area contributed by atoms with Gasteiger partial charge in [-0.25, -0.2) is 0 Å². The third-order valence-corrected chi connectivity index (χ3v) is 3.01. The highest BCUT2D eigenvalue weighted by Gasteiger charge is 2.04. The van der Waals surface area contributed by atoms with Crippen molar-refractivity contribution >= 4 is 30.2 Å². The number of benzene rings is 2. The van der Waals surface area contributed by atoms with Crippen LogP contribution in [0.3, 0.4) is 0 Å². The Morgan fingerprint density at radius 1 is 1.20 bits per heavy atom. The van der Waals surface area contributed by atoms with E-state index in [0.717, 1.165) is 16.0 Å². The quantitative estimate of drug-likeness (QED) is 0.632. The average Bonchev–Trinajstić information content (AvgIpc) is 2.28. The van der Waals surface area contributed by atoms with E-state index in [1.54, 1.807) is 11.8 Å². The number of thioether (sulfide) groups is 1. The summed E-state index contributed by atoms with van der Waals surface area (Å²) in [7, 11) is -0.286. The molecular weight excluding hydrogens is 207 g/mol. The summed E-state index contributed by atoms with van der Waals surface area (Å²) in [5.41, 5.74) is 0. The maximum Gasteiger partial charge on any atom is 0.504 e. The van der Waals surface area contributed by atoms with Gasteiger partial charge in [-0.05, 0) is 29.2 Å². The van der Waals surface area contributed by atoms with Crippen LogP contribution in [0, 0.1) is 0 Å². The van der Waals surface area contributed by atoms with Crippen LogP contribution in [-0.2, 0) is 0 Å². The van der Waals surface area contributed by atoms with Gasteiger partial charge in [0, 0.05) is 4.90 Å². The molecule has 0 aliphatic rings. The predicted octanol–water partition coefficient (Wildman–Crippen LogP) is 2.20. The average molecular weight is 218 g/mol. The minimum atomic E-state index is -0.286. The van der Waals surface area contributed by atoms with Crippen LogP contribution >= 0.6 is 11.8 Å². The third-order valence-electron chi connectivity index (χ3n) is 2.25. The standard InChI is InChI=1S/C11H11BO2S/c1-15-11-7-9-5-3-2-4-8(9)6-10(11)14-12-13/h2-7,12-13H,1H3. The molecule has 0 saturated carbocycles. The predicted molar refractivity (Wildman–Crippen MR) is 65.7 cm³/mol. The Balaban J connectivity index is 2.58. The van der Waals surface area contributed by atoms with Crippen molar-refractivity contribution < 1.29 is 9.68 Å². The van der Waals surface area contributed by atoms with Crippen LogP contribution in [0.1, 0.15) is 0 Å². The van der Waals surface area contributed by atoms with Crippen molar-refractivity contribution in [3.8, 4) is 5.75 Å². The van der Waals surface area contributed by atoms with Crippen LogP contribution in [0.2, 0.25) is 0 Å². The molecule has 0 aromatic heterocycles. The Kier molecular flexibility index (Phi) is 3.19. The van der Waals surface area contributed by atoms with E-state index in [1.165, 1.54) is 5.39 Å². The second kappa shape index (κ2) is 4.60. The molecular formula is C11H11BO2S. The molecule has 2 rings (SSSR count). The van der Waals surface area contributed by atoms with Crippen molar-refractivity contribution in [1.82, 2.24) is 0 Å². The van der Waals surface area contributed by atoms with Crippen molar-refractivity contribution in [2.24, 2.45) is 0 Å². The molecule has 0 heterocycles. The topological polar surface area (TPSA) is 29.5 Å². The van der Waals surface area contributed by atoms with Crippen LogP contribution in [-0.4, -0.2) is 19.0 Å². The van der Waals surface area contributed by atoms with Crippen LogP contribution in [0.5, 0.6) is 5.75 Å². The van der Waals surface area contributed by atoms with E-state index in [2.05, 4.69) is 12.1 Å². The summed E-state index contributed by atoms with van der Waals surface area (Å²) in [6.07, 6.45) is 1.99. The first-order chi connectivity index (χ1) is 7.35. The van der Waals surface area contributed by atoms with E-state index in [-0.39, 0.29) is 7.69 Å². The third kappa shape index (κ3) is 2.11. The highest BCUT2D eigenvalue weighted by molar-refractivity contribution is 7.98. The van der Waals surface area contributed by atoms with Gasteiger partial charge >= 0.3 is 7.69 Å². The minimum absolute atomic E-state index is 0.286. The maximum atomic E-state index is 8.78. The molecule has 1 N–H and O–H groups in total. The van der Waals surface area contributed by atoms with Gasteiger partial charge in [-0.15, -0.1) is 11.8 Å². The summed E-state index contributed by atoms with van der Waals surface area (Å²) in [6.45, 7) is 0. The Labute approximate surface area is 93.6 Å². The van der Waals surface area contributed by atoms with Gasteiger partial charge in [0.1, 0.15) is 5.75 Å². The van der Waals surface area contributed by atoms with Gasteiger partial charge in [-0.1, -0.05) is 24.3 Å². The number of rotatable bonds is 3. The highest BCUT2D eigenvalue weighted by Crippen LogP contribution is 2.32. The Morgan fingerprint density at radius 3 is 2.47 bits per heavy atom. The maximum absolute atomic E-state index is 8.78. The zero-order chi connectivity index (χ0) is 10.7. The minimum Gasteiger partial charge on any atom is -0.538 e. The first kappa shape index (κ1) is 10.4. The molecule has 2 aromatic rings. The first-order valence-corrected chi connectivity index (χ1v) is 5.88. The summed E-state index contributed by atoms with van der Waals surface area (Å²) in [5.74, 6) is 0.740. The zero-order valence-electron chi connectivity index (χ0n) is 8.43. The molecule has 15 heavy (non-hydrogen) atoms. The van der Waals surface area contributed by atoms with Gasteiger partial charge in [0.15, 0.2) is 0 Å². The van der Waals surface area contributed by atoms with E-state index >= 15 is 0 Å². The fourth-order valence-corrected chi connectivity index (χ4v) is 2.10. The summed E-state index contributed by atoms with van der Waals surface area (Å²) >= 11 is 1.61. The molecule has 0 aliphatic carbocycles. The second-order valence-corrected chi connectivity index (χ2v) is 3.97. The number of hydrogen-bond donors (Lipinski definition) is 1. The van der Waals surface area contributed by atoms with E-state index in [0.29, 0.717) is 0 Å². The molecule has 0 aliphatic heterocycles. The van der Waals surface area contributed by atoms with Gasteiger partial charge in [0.2, 0.25) is 0 Å². The monoisotopic (exact) mass is 218 g/mol. The molecule has 0 spiro atoms. The fraction of sp³-hybridized carbons (Fsp3) is 0.0909. The van der Waals surface area contributed by atoms with Crippen molar-refractivity contribution in [2.45, 2.75) is 4.90 Å². The lowest BCUT2D eigenvalue weighted by Gasteiger charge is -2.09. The van der Waals surface area contributed by atoms with Crippen molar-refractivity contribution in [1.29, 1.82) is 0 Å².